The summed E-state index contributed by atoms with van der Waals surface area (Å²) in [6, 6.07) is 0.426. The molecule has 1 atom stereocenters. The maximum absolute atomic E-state index is 11.5. The van der Waals surface area contributed by atoms with Gasteiger partial charge in [0.1, 0.15) is 0 Å². The van der Waals surface area contributed by atoms with Gasteiger partial charge in [0.2, 0.25) is 5.91 Å². The van der Waals surface area contributed by atoms with Crippen molar-refractivity contribution < 1.29 is 4.79 Å². The predicted molar refractivity (Wildman–Crippen MR) is 73.1 cm³/mol. The van der Waals surface area contributed by atoms with Gasteiger partial charge in [-0.25, -0.2) is 0 Å². The van der Waals surface area contributed by atoms with E-state index < -0.39 is 0 Å². The number of nitrogens with one attached hydrogen (secondary N) is 2. The molecule has 0 rings (SSSR count). The zero-order valence-corrected chi connectivity index (χ0v) is 12.0. The summed E-state index contributed by atoms with van der Waals surface area (Å²) >= 11 is 0. The highest BCUT2D eigenvalue weighted by Gasteiger charge is 2.20. The van der Waals surface area contributed by atoms with Crippen LogP contribution in [0.25, 0.3) is 0 Å². The van der Waals surface area contributed by atoms with Crippen molar-refractivity contribution in [1.29, 1.82) is 0 Å². The molecule has 0 bridgehead atoms. The molecule has 0 radical (unpaired) electrons. The Labute approximate surface area is 106 Å². The molecule has 4 nitrogen and oxygen atoms in total. The number of carbonyl (C=O) groups is 1. The van der Waals surface area contributed by atoms with E-state index in [9.17, 15) is 4.79 Å². The summed E-state index contributed by atoms with van der Waals surface area (Å²) in [5.74, 6) is 0.731. The van der Waals surface area contributed by atoms with Gasteiger partial charge in [-0.1, -0.05) is 33.6 Å². The molecule has 102 valence electrons. The highest BCUT2D eigenvalue weighted by atomic mass is 16.1. The second-order valence-electron chi connectivity index (χ2n) is 4.69. The first-order valence-corrected chi connectivity index (χ1v) is 6.70. The van der Waals surface area contributed by atoms with Crippen molar-refractivity contribution in [1.82, 2.24) is 15.5 Å². The molecule has 4 heteroatoms. The summed E-state index contributed by atoms with van der Waals surface area (Å²) in [4.78, 5) is 13.7. The Morgan fingerprint density at radius 2 is 1.76 bits per heavy atom. The van der Waals surface area contributed by atoms with Gasteiger partial charge in [-0.15, -0.1) is 0 Å². The van der Waals surface area contributed by atoms with Gasteiger partial charge in [0.15, 0.2) is 0 Å². The van der Waals surface area contributed by atoms with E-state index >= 15 is 0 Å². The van der Waals surface area contributed by atoms with Crippen molar-refractivity contribution in [2.75, 3.05) is 33.7 Å². The average Bonchev–Trinajstić information content (AvgIpc) is 2.31. The maximum Gasteiger partial charge on any atom is 0.234 e. The molecule has 0 fully saturated rings. The van der Waals surface area contributed by atoms with Gasteiger partial charge in [0.05, 0.1) is 6.54 Å². The summed E-state index contributed by atoms with van der Waals surface area (Å²) in [5.41, 5.74) is 0. The summed E-state index contributed by atoms with van der Waals surface area (Å²) in [6.45, 7) is 8.41. The normalized spacial score (nSPS) is 13.1. The molecular weight excluding hydrogens is 214 g/mol. The van der Waals surface area contributed by atoms with E-state index in [0.29, 0.717) is 18.5 Å². The van der Waals surface area contributed by atoms with Gasteiger partial charge in [0.25, 0.3) is 0 Å². The SMILES string of the molecule is CCNCC(=O)NCC(C(CC)CC)N(C)C. The number of carbonyl (C=O) groups excluding carboxylic acids is 1. The van der Waals surface area contributed by atoms with Gasteiger partial charge < -0.3 is 15.5 Å². The molecule has 0 aliphatic heterocycles. The van der Waals surface area contributed by atoms with Crippen LogP contribution in [0, 0.1) is 5.92 Å². The second-order valence-corrected chi connectivity index (χ2v) is 4.69. The van der Waals surface area contributed by atoms with Crippen molar-refractivity contribution in [2.45, 2.75) is 39.7 Å². The Balaban J connectivity index is 4.13. The lowest BCUT2D eigenvalue weighted by atomic mass is 9.93. The van der Waals surface area contributed by atoms with Crippen molar-refractivity contribution in [3.05, 3.63) is 0 Å². The minimum atomic E-state index is 0.0876. The number of hydrogen-bond acceptors (Lipinski definition) is 3. The summed E-state index contributed by atoms with van der Waals surface area (Å²) < 4.78 is 0. The molecular formula is C13H29N3O. The molecule has 0 aliphatic rings. The highest BCUT2D eigenvalue weighted by molar-refractivity contribution is 5.77. The molecule has 0 heterocycles. The van der Waals surface area contributed by atoms with Crippen LogP contribution in [0.15, 0.2) is 0 Å². The average molecular weight is 243 g/mol. The number of hydrogen-bond donors (Lipinski definition) is 2. The van der Waals surface area contributed by atoms with Crippen molar-refractivity contribution in [3.63, 3.8) is 0 Å². The Morgan fingerprint density at radius 3 is 2.18 bits per heavy atom. The van der Waals surface area contributed by atoms with E-state index in [4.69, 9.17) is 0 Å². The molecule has 0 saturated carbocycles. The third-order valence-electron chi connectivity index (χ3n) is 3.30. The summed E-state index contributed by atoms with van der Waals surface area (Å²) in [7, 11) is 4.17. The van der Waals surface area contributed by atoms with Gasteiger partial charge in [-0.05, 0) is 26.6 Å². The molecule has 0 spiro atoms. The predicted octanol–water partition coefficient (Wildman–Crippen LogP) is 1.08. The molecule has 1 amide bonds. The van der Waals surface area contributed by atoms with Crippen LogP contribution < -0.4 is 10.6 Å². The Kier molecular flexibility index (Phi) is 9.09. The zero-order valence-electron chi connectivity index (χ0n) is 12.0. The Bertz CT molecular complexity index is 203. The minimum Gasteiger partial charge on any atom is -0.353 e. The lowest BCUT2D eigenvalue weighted by molar-refractivity contribution is -0.120. The maximum atomic E-state index is 11.5. The van der Waals surface area contributed by atoms with E-state index in [2.05, 4.69) is 43.5 Å². The van der Waals surface area contributed by atoms with Gasteiger partial charge in [0, 0.05) is 12.6 Å². The summed E-state index contributed by atoms with van der Waals surface area (Å²) in [5, 5.41) is 6.04. The van der Waals surface area contributed by atoms with Crippen LogP contribution in [0.3, 0.4) is 0 Å². The summed E-state index contributed by atoms with van der Waals surface area (Å²) in [6.07, 6.45) is 2.31. The molecule has 0 aromatic rings. The molecule has 17 heavy (non-hydrogen) atoms. The van der Waals surface area contributed by atoms with E-state index in [1.807, 2.05) is 6.92 Å². The molecule has 2 N–H and O–H groups in total. The third-order valence-corrected chi connectivity index (χ3v) is 3.30. The van der Waals surface area contributed by atoms with Crippen LogP contribution in [0.2, 0.25) is 0 Å². The van der Waals surface area contributed by atoms with Crippen LogP contribution in [-0.2, 0) is 4.79 Å². The fourth-order valence-electron chi connectivity index (χ4n) is 2.12. The number of amides is 1. The zero-order chi connectivity index (χ0) is 13.3. The fraction of sp³-hybridized carbons (Fsp3) is 0.923. The van der Waals surface area contributed by atoms with Gasteiger partial charge in [-0.3, -0.25) is 4.79 Å². The highest BCUT2D eigenvalue weighted by Crippen LogP contribution is 2.16. The van der Waals surface area contributed by atoms with Crippen LogP contribution in [0.1, 0.15) is 33.6 Å². The van der Waals surface area contributed by atoms with E-state index in [1.165, 1.54) is 0 Å². The van der Waals surface area contributed by atoms with Crippen molar-refractivity contribution in [2.24, 2.45) is 5.92 Å². The Morgan fingerprint density at radius 1 is 1.18 bits per heavy atom. The lowest BCUT2D eigenvalue weighted by Crippen LogP contribution is -2.46. The van der Waals surface area contributed by atoms with E-state index in [1.54, 1.807) is 0 Å². The van der Waals surface area contributed by atoms with Crippen LogP contribution in [0.4, 0.5) is 0 Å². The number of rotatable bonds is 9. The minimum absolute atomic E-state index is 0.0876. The third kappa shape index (κ3) is 6.64. The lowest BCUT2D eigenvalue weighted by Gasteiger charge is -2.31. The van der Waals surface area contributed by atoms with Crippen molar-refractivity contribution in [3.8, 4) is 0 Å². The molecule has 0 aliphatic carbocycles. The van der Waals surface area contributed by atoms with Crippen LogP contribution >= 0.6 is 0 Å². The number of nitrogens with zero attached hydrogens (tertiary/aromatic N) is 1. The number of likely N-dealkylation sites (N-methyl/N-ethyl adjacent to an activating group) is 2. The second kappa shape index (κ2) is 9.42. The fourth-order valence-corrected chi connectivity index (χ4v) is 2.12. The first kappa shape index (κ1) is 16.4. The first-order chi connectivity index (χ1) is 8.06. The smallest absolute Gasteiger partial charge is 0.234 e. The van der Waals surface area contributed by atoms with Gasteiger partial charge >= 0.3 is 0 Å². The Hall–Kier alpha value is -0.610. The topological polar surface area (TPSA) is 44.4 Å². The molecule has 0 aromatic carbocycles. The van der Waals surface area contributed by atoms with E-state index in [0.717, 1.165) is 25.9 Å². The van der Waals surface area contributed by atoms with Crippen LogP contribution in [-0.4, -0.2) is 50.6 Å². The van der Waals surface area contributed by atoms with Crippen LogP contribution in [0.5, 0.6) is 0 Å². The monoisotopic (exact) mass is 243 g/mol. The van der Waals surface area contributed by atoms with Crippen molar-refractivity contribution >= 4 is 5.91 Å². The van der Waals surface area contributed by atoms with Gasteiger partial charge in [-0.2, -0.15) is 0 Å². The quantitative estimate of drug-likeness (QED) is 0.637. The first-order valence-electron chi connectivity index (χ1n) is 6.70. The van der Waals surface area contributed by atoms with E-state index in [-0.39, 0.29) is 5.91 Å². The largest absolute Gasteiger partial charge is 0.353 e. The standard InChI is InChI=1S/C13H29N3O/c1-6-11(7-2)12(16(4)5)9-15-13(17)10-14-8-3/h11-12,14H,6-10H2,1-5H3,(H,15,17). The molecule has 0 aromatic heterocycles. The molecule has 1 unspecified atom stereocenters. The molecule has 0 saturated heterocycles.